The normalized spacial score (nSPS) is 15.2. The third kappa shape index (κ3) is 5.37. The van der Waals surface area contributed by atoms with Crippen molar-refractivity contribution in [2.24, 2.45) is 0 Å². The van der Waals surface area contributed by atoms with Crippen LogP contribution >= 0.6 is 22.9 Å². The number of benzene rings is 1. The average Bonchev–Trinajstić information content (AvgIpc) is 3.34. The zero-order valence-corrected chi connectivity index (χ0v) is 19.3. The highest BCUT2D eigenvalue weighted by Gasteiger charge is 2.35. The van der Waals surface area contributed by atoms with Crippen molar-refractivity contribution in [1.82, 2.24) is 15.2 Å². The lowest BCUT2D eigenvalue weighted by Gasteiger charge is -2.33. The van der Waals surface area contributed by atoms with E-state index in [-0.39, 0.29) is 17.9 Å². The molecular formula is C25H26ClN3O2S. The quantitative estimate of drug-likeness (QED) is 0.489. The molecule has 5 nitrogen and oxygen atoms in total. The van der Waals surface area contributed by atoms with Gasteiger partial charge in [-0.25, -0.2) is 0 Å². The van der Waals surface area contributed by atoms with Gasteiger partial charge in [0.25, 0.3) is 5.91 Å². The van der Waals surface area contributed by atoms with Gasteiger partial charge in [-0.1, -0.05) is 61.2 Å². The number of rotatable bonds is 7. The first-order valence-corrected chi connectivity index (χ1v) is 12.2. The fourth-order valence-corrected chi connectivity index (χ4v) is 5.10. The molecule has 7 heteroatoms. The molecule has 0 bridgehead atoms. The Morgan fingerprint density at radius 1 is 1.06 bits per heavy atom. The number of aromatic nitrogens is 1. The molecule has 1 unspecified atom stereocenters. The largest absolute Gasteiger partial charge is 0.351 e. The van der Waals surface area contributed by atoms with E-state index in [0.717, 1.165) is 30.6 Å². The van der Waals surface area contributed by atoms with Crippen molar-refractivity contribution in [2.45, 2.75) is 50.7 Å². The van der Waals surface area contributed by atoms with Crippen LogP contribution in [0.2, 0.25) is 5.02 Å². The van der Waals surface area contributed by atoms with Crippen molar-refractivity contribution in [1.29, 1.82) is 0 Å². The Kier molecular flexibility index (Phi) is 7.55. The molecule has 0 saturated heterocycles. The minimum Gasteiger partial charge on any atom is -0.351 e. The summed E-state index contributed by atoms with van der Waals surface area (Å²) < 4.78 is 0. The van der Waals surface area contributed by atoms with E-state index in [2.05, 4.69) is 10.3 Å². The van der Waals surface area contributed by atoms with Crippen LogP contribution in [0.25, 0.3) is 0 Å². The summed E-state index contributed by atoms with van der Waals surface area (Å²) in [5.41, 5.74) is 0.912. The molecule has 1 aliphatic carbocycles. The molecule has 4 rings (SSSR count). The van der Waals surface area contributed by atoms with Crippen LogP contribution in [0.3, 0.4) is 0 Å². The Morgan fingerprint density at radius 2 is 1.84 bits per heavy atom. The molecule has 0 spiro atoms. The molecule has 1 saturated carbocycles. The van der Waals surface area contributed by atoms with Gasteiger partial charge in [-0.3, -0.25) is 14.6 Å². The predicted octanol–water partition coefficient (Wildman–Crippen LogP) is 5.63. The maximum Gasteiger partial charge on any atom is 0.273 e. The van der Waals surface area contributed by atoms with Crippen LogP contribution < -0.4 is 5.32 Å². The SMILES string of the molecule is O=C(NC1CCCCC1)C(c1ccccc1Cl)N(Cc1cccs1)C(=O)c1ccccn1. The molecule has 1 N–H and O–H groups in total. The van der Waals surface area contributed by atoms with Gasteiger partial charge in [-0.05, 0) is 42.5 Å². The van der Waals surface area contributed by atoms with E-state index < -0.39 is 6.04 Å². The zero-order valence-electron chi connectivity index (χ0n) is 17.7. The Bertz CT molecular complexity index is 1040. The average molecular weight is 468 g/mol. The predicted molar refractivity (Wildman–Crippen MR) is 128 cm³/mol. The molecule has 0 aliphatic heterocycles. The van der Waals surface area contributed by atoms with Crippen molar-refractivity contribution in [3.63, 3.8) is 0 Å². The highest BCUT2D eigenvalue weighted by molar-refractivity contribution is 7.09. The first kappa shape index (κ1) is 22.5. The first-order valence-electron chi connectivity index (χ1n) is 10.9. The van der Waals surface area contributed by atoms with Gasteiger partial charge in [0.2, 0.25) is 5.91 Å². The van der Waals surface area contributed by atoms with Gasteiger partial charge in [-0.2, -0.15) is 0 Å². The van der Waals surface area contributed by atoms with Gasteiger partial charge >= 0.3 is 0 Å². The molecule has 0 radical (unpaired) electrons. The second-order valence-electron chi connectivity index (χ2n) is 7.99. The Hall–Kier alpha value is -2.70. The fraction of sp³-hybridized carbons (Fsp3) is 0.320. The number of nitrogens with one attached hydrogen (secondary N) is 1. The summed E-state index contributed by atoms with van der Waals surface area (Å²) >= 11 is 8.10. The highest BCUT2D eigenvalue weighted by atomic mass is 35.5. The number of hydrogen-bond donors (Lipinski definition) is 1. The van der Waals surface area contributed by atoms with E-state index in [4.69, 9.17) is 11.6 Å². The highest BCUT2D eigenvalue weighted by Crippen LogP contribution is 2.32. The lowest BCUT2D eigenvalue weighted by Crippen LogP contribution is -2.47. The molecule has 2 aromatic heterocycles. The number of pyridine rings is 1. The van der Waals surface area contributed by atoms with E-state index in [1.165, 1.54) is 6.42 Å². The van der Waals surface area contributed by atoms with Crippen LogP contribution in [0, 0.1) is 0 Å². The van der Waals surface area contributed by atoms with Crippen LogP contribution in [0.15, 0.2) is 66.2 Å². The Labute approximate surface area is 197 Å². The van der Waals surface area contributed by atoms with Gasteiger partial charge in [-0.15, -0.1) is 11.3 Å². The van der Waals surface area contributed by atoms with Crippen LogP contribution in [0.5, 0.6) is 0 Å². The monoisotopic (exact) mass is 467 g/mol. The minimum absolute atomic E-state index is 0.120. The molecule has 1 aliphatic rings. The van der Waals surface area contributed by atoms with E-state index in [9.17, 15) is 9.59 Å². The van der Waals surface area contributed by atoms with Gasteiger partial charge < -0.3 is 10.2 Å². The van der Waals surface area contributed by atoms with E-state index >= 15 is 0 Å². The van der Waals surface area contributed by atoms with Gasteiger partial charge in [0.15, 0.2) is 0 Å². The number of amides is 2. The van der Waals surface area contributed by atoms with Crippen LogP contribution in [-0.2, 0) is 11.3 Å². The summed E-state index contributed by atoms with van der Waals surface area (Å²) in [6.07, 6.45) is 6.91. The number of carbonyl (C=O) groups is 2. The molecule has 3 aromatic rings. The Morgan fingerprint density at radius 3 is 2.53 bits per heavy atom. The second-order valence-corrected chi connectivity index (χ2v) is 9.43. The van der Waals surface area contributed by atoms with Crippen molar-refractivity contribution >= 4 is 34.8 Å². The number of nitrogens with zero attached hydrogens (tertiary/aromatic N) is 2. The summed E-state index contributed by atoms with van der Waals surface area (Å²) in [4.78, 5) is 34.2. The Balaban J connectivity index is 1.73. The number of halogens is 1. The minimum atomic E-state index is -0.859. The standard InChI is InChI=1S/C25H26ClN3O2S/c26-21-13-5-4-12-20(21)23(24(30)28-18-9-2-1-3-10-18)29(17-19-11-8-16-32-19)25(31)22-14-6-7-15-27-22/h4-8,11-16,18,23H,1-3,9-10,17H2,(H,28,30). The van der Waals surface area contributed by atoms with Crippen molar-refractivity contribution < 1.29 is 9.59 Å². The van der Waals surface area contributed by atoms with Crippen molar-refractivity contribution in [3.8, 4) is 0 Å². The summed E-state index contributed by atoms with van der Waals surface area (Å²) in [5, 5.41) is 5.63. The third-order valence-electron chi connectivity index (χ3n) is 5.76. The van der Waals surface area contributed by atoms with E-state index in [1.807, 2.05) is 35.7 Å². The van der Waals surface area contributed by atoms with Gasteiger partial charge in [0.05, 0.1) is 6.54 Å². The molecular weight excluding hydrogens is 442 g/mol. The summed E-state index contributed by atoms with van der Waals surface area (Å²) in [6, 6.07) is 15.6. The third-order valence-corrected chi connectivity index (χ3v) is 6.97. The smallest absolute Gasteiger partial charge is 0.273 e. The lowest BCUT2D eigenvalue weighted by molar-refractivity contribution is -0.127. The molecule has 1 atom stereocenters. The van der Waals surface area contributed by atoms with E-state index in [1.54, 1.807) is 46.7 Å². The molecule has 166 valence electrons. The second kappa shape index (κ2) is 10.7. The molecule has 32 heavy (non-hydrogen) atoms. The number of hydrogen-bond acceptors (Lipinski definition) is 4. The molecule has 1 fully saturated rings. The van der Waals surface area contributed by atoms with Gasteiger partial charge in [0.1, 0.15) is 11.7 Å². The summed E-state index contributed by atoms with van der Waals surface area (Å²) in [5.74, 6) is -0.506. The molecule has 2 amide bonds. The van der Waals surface area contributed by atoms with E-state index in [0.29, 0.717) is 22.8 Å². The maximum atomic E-state index is 13.7. The van der Waals surface area contributed by atoms with Crippen molar-refractivity contribution in [2.75, 3.05) is 0 Å². The summed E-state index contributed by atoms with van der Waals surface area (Å²) in [6.45, 7) is 0.293. The number of thiophene rings is 1. The van der Waals surface area contributed by atoms with Crippen molar-refractivity contribution in [3.05, 3.63) is 87.3 Å². The van der Waals surface area contributed by atoms with Crippen LogP contribution in [0.1, 0.15) is 59.1 Å². The summed E-state index contributed by atoms with van der Waals surface area (Å²) in [7, 11) is 0. The van der Waals surface area contributed by atoms with Crippen LogP contribution in [-0.4, -0.2) is 27.7 Å². The maximum absolute atomic E-state index is 13.7. The number of carbonyl (C=O) groups excluding carboxylic acids is 2. The molecule has 1 aromatic carbocycles. The van der Waals surface area contributed by atoms with Crippen LogP contribution in [0.4, 0.5) is 0 Å². The zero-order chi connectivity index (χ0) is 22.3. The first-order chi connectivity index (χ1) is 15.6. The topological polar surface area (TPSA) is 62.3 Å². The fourth-order valence-electron chi connectivity index (χ4n) is 4.16. The lowest BCUT2D eigenvalue weighted by atomic mass is 9.94. The molecule has 2 heterocycles. The van der Waals surface area contributed by atoms with Gasteiger partial charge in [0, 0.05) is 27.7 Å².